The third kappa shape index (κ3) is 8.31. The van der Waals surface area contributed by atoms with Gasteiger partial charge in [0.25, 0.3) is 0 Å². The van der Waals surface area contributed by atoms with Crippen molar-refractivity contribution in [2.45, 2.75) is 66.2 Å². The molecule has 0 bridgehead atoms. The van der Waals surface area contributed by atoms with Gasteiger partial charge in [0.05, 0.1) is 9.52 Å². The van der Waals surface area contributed by atoms with Gasteiger partial charge in [0.1, 0.15) is 0 Å². The SMILES string of the molecule is Cc1ccccc1-c1cccc2[cH-]c(C(C)(C)C)cc12.Cc1ccccc1-c1cccc2[cH-]c(C(C)(C)C)cc12.[Zr+3].[c-]1cccc2c1[Si]c1ccccc1-2. The zero-order chi connectivity index (χ0) is 37.3. The average molecular weight is 793 g/mol. The second-order valence-corrected chi connectivity index (χ2v) is 17.7. The fraction of sp³-hybridized carbons (Fsp3) is 0.192. The molecule has 0 spiro atoms. The minimum absolute atomic E-state index is 0. The molecule has 0 atom stereocenters. The summed E-state index contributed by atoms with van der Waals surface area (Å²) in [5.41, 5.74) is 14.0. The molecule has 1 aliphatic rings. The Bertz CT molecular complexity index is 2350. The molecule has 0 saturated heterocycles. The van der Waals surface area contributed by atoms with Crippen LogP contribution in [0.1, 0.15) is 63.8 Å². The van der Waals surface area contributed by atoms with Crippen LogP contribution in [0.25, 0.3) is 54.9 Å². The molecule has 0 fully saturated rings. The van der Waals surface area contributed by atoms with Crippen molar-refractivity contribution in [2.24, 2.45) is 0 Å². The minimum Gasteiger partial charge on any atom is -0.184 e. The molecule has 0 unspecified atom stereocenters. The summed E-state index contributed by atoms with van der Waals surface area (Å²) >= 11 is 0. The van der Waals surface area contributed by atoms with Crippen LogP contribution >= 0.6 is 0 Å². The molecule has 0 aliphatic carbocycles. The van der Waals surface area contributed by atoms with E-state index in [1.807, 2.05) is 6.07 Å². The van der Waals surface area contributed by atoms with Gasteiger partial charge in [-0.25, -0.2) is 0 Å². The summed E-state index contributed by atoms with van der Waals surface area (Å²) in [5, 5.41) is 8.24. The Balaban J connectivity index is 0.000000140. The number of hydrogen-bond acceptors (Lipinski definition) is 0. The van der Waals surface area contributed by atoms with E-state index in [1.54, 1.807) is 0 Å². The van der Waals surface area contributed by atoms with Crippen molar-refractivity contribution >= 4 is 41.4 Å². The van der Waals surface area contributed by atoms with Gasteiger partial charge < -0.3 is 0 Å². The molecule has 3 radical (unpaired) electrons. The predicted octanol–water partition coefficient (Wildman–Crippen LogP) is 12.8. The summed E-state index contributed by atoms with van der Waals surface area (Å²) in [7, 11) is 0.795. The summed E-state index contributed by atoms with van der Waals surface area (Å²) in [6, 6.07) is 58.0. The van der Waals surface area contributed by atoms with Gasteiger partial charge in [-0.1, -0.05) is 148 Å². The number of rotatable bonds is 2. The molecule has 0 aromatic heterocycles. The second kappa shape index (κ2) is 16.2. The third-order valence-electron chi connectivity index (χ3n) is 10.4. The van der Waals surface area contributed by atoms with Crippen LogP contribution < -0.4 is 10.4 Å². The van der Waals surface area contributed by atoms with Gasteiger partial charge in [-0.05, 0) is 46.9 Å². The van der Waals surface area contributed by atoms with Gasteiger partial charge in [0.2, 0.25) is 0 Å². The van der Waals surface area contributed by atoms with Gasteiger partial charge in [-0.15, -0.1) is 74.6 Å². The molecular formula is C52H49SiZr. The van der Waals surface area contributed by atoms with Crippen molar-refractivity contribution in [1.29, 1.82) is 0 Å². The molecule has 0 amide bonds. The van der Waals surface area contributed by atoms with E-state index in [0.717, 1.165) is 9.52 Å². The topological polar surface area (TPSA) is 0 Å². The van der Waals surface area contributed by atoms with E-state index in [9.17, 15) is 0 Å². The van der Waals surface area contributed by atoms with Gasteiger partial charge in [0.15, 0.2) is 0 Å². The largest absolute Gasteiger partial charge is 3.00 e. The normalized spacial score (nSPS) is 11.9. The summed E-state index contributed by atoms with van der Waals surface area (Å²) in [6.07, 6.45) is 0. The van der Waals surface area contributed by atoms with Crippen molar-refractivity contribution in [3.05, 3.63) is 180 Å². The Labute approximate surface area is 345 Å². The van der Waals surface area contributed by atoms with E-state index in [1.165, 1.54) is 87.6 Å². The quantitative estimate of drug-likeness (QED) is 0.121. The second-order valence-electron chi connectivity index (χ2n) is 16.4. The molecular weight excluding hydrogens is 744 g/mol. The molecule has 8 aromatic carbocycles. The Hall–Kier alpha value is -4.36. The van der Waals surface area contributed by atoms with Crippen LogP contribution in [0.3, 0.4) is 0 Å². The predicted molar refractivity (Wildman–Crippen MR) is 233 cm³/mol. The van der Waals surface area contributed by atoms with Gasteiger partial charge in [-0.2, -0.15) is 41.6 Å². The fourth-order valence-corrected chi connectivity index (χ4v) is 8.59. The molecule has 1 heterocycles. The van der Waals surface area contributed by atoms with Crippen molar-refractivity contribution in [2.75, 3.05) is 0 Å². The van der Waals surface area contributed by atoms with Crippen LogP contribution in [0.2, 0.25) is 0 Å². The first-order valence-electron chi connectivity index (χ1n) is 18.8. The first kappa shape index (κ1) is 39.3. The molecule has 1 aliphatic heterocycles. The van der Waals surface area contributed by atoms with Crippen LogP contribution in [-0.4, -0.2) is 9.52 Å². The first-order valence-corrected chi connectivity index (χ1v) is 19.8. The summed E-state index contributed by atoms with van der Waals surface area (Å²) < 4.78 is 0. The van der Waals surface area contributed by atoms with Gasteiger partial charge in [-0.3, -0.25) is 0 Å². The molecule has 8 aromatic rings. The minimum atomic E-state index is 0. The molecule has 54 heavy (non-hydrogen) atoms. The zero-order valence-electron chi connectivity index (χ0n) is 32.9. The van der Waals surface area contributed by atoms with Gasteiger partial charge in [0, 0.05) is 0 Å². The zero-order valence-corrected chi connectivity index (χ0v) is 36.4. The average Bonchev–Trinajstić information content (AvgIpc) is 3.88. The standard InChI is InChI=1S/2C20H21.C12H7Si.Zr/c2*1-14-8-5-6-10-17(14)18-11-7-9-15-12-16(13-19(15)18)20(2,3)4;1-3-7-11-9(5-1)10-6-2-4-8-12(10)13-11;/h2*5-13H,1-4H3;1-7H;/q3*-1;+3. The Morgan fingerprint density at radius 2 is 0.889 bits per heavy atom. The monoisotopic (exact) mass is 791 g/mol. The number of benzene rings is 6. The first-order chi connectivity index (χ1) is 25.4. The molecule has 0 nitrogen and oxygen atoms in total. The van der Waals surface area contributed by atoms with Crippen LogP contribution in [0, 0.1) is 19.9 Å². The molecule has 265 valence electrons. The van der Waals surface area contributed by atoms with Crippen molar-refractivity contribution in [3.8, 4) is 33.4 Å². The van der Waals surface area contributed by atoms with E-state index in [2.05, 4.69) is 207 Å². The molecule has 0 N–H and O–H groups in total. The maximum absolute atomic E-state index is 3.31. The van der Waals surface area contributed by atoms with Crippen LogP contribution in [-0.2, 0) is 37.0 Å². The van der Waals surface area contributed by atoms with E-state index < -0.39 is 0 Å². The summed E-state index contributed by atoms with van der Waals surface area (Å²) in [6.45, 7) is 18.0. The van der Waals surface area contributed by atoms with Crippen molar-refractivity contribution < 1.29 is 26.2 Å². The molecule has 9 rings (SSSR count). The van der Waals surface area contributed by atoms with Crippen molar-refractivity contribution in [3.63, 3.8) is 0 Å². The van der Waals surface area contributed by atoms with Gasteiger partial charge >= 0.3 is 26.2 Å². The summed E-state index contributed by atoms with van der Waals surface area (Å²) in [4.78, 5) is 0. The molecule has 2 heteroatoms. The van der Waals surface area contributed by atoms with Crippen LogP contribution in [0.5, 0.6) is 0 Å². The Kier molecular flexibility index (Phi) is 11.8. The fourth-order valence-electron chi connectivity index (χ4n) is 7.28. The maximum Gasteiger partial charge on any atom is 3.00 e. The molecule has 0 saturated carbocycles. The number of hydrogen-bond donors (Lipinski definition) is 0. The van der Waals surface area contributed by atoms with Crippen molar-refractivity contribution in [1.82, 2.24) is 0 Å². The van der Waals surface area contributed by atoms with E-state index in [4.69, 9.17) is 0 Å². The van der Waals surface area contributed by atoms with E-state index in [0.29, 0.717) is 0 Å². The van der Waals surface area contributed by atoms with E-state index >= 15 is 0 Å². The smallest absolute Gasteiger partial charge is 0.184 e. The summed E-state index contributed by atoms with van der Waals surface area (Å²) in [5.74, 6) is 0. The van der Waals surface area contributed by atoms with Crippen LogP contribution in [0.15, 0.2) is 152 Å². The number of aryl methyl sites for hydroxylation is 2. The Morgan fingerprint density at radius 3 is 1.37 bits per heavy atom. The number of fused-ring (bicyclic) bond motifs is 5. The van der Waals surface area contributed by atoms with E-state index in [-0.39, 0.29) is 37.0 Å². The maximum atomic E-state index is 3.31. The van der Waals surface area contributed by atoms with Crippen LogP contribution in [0.4, 0.5) is 0 Å². The Morgan fingerprint density at radius 1 is 0.463 bits per heavy atom. The third-order valence-corrected chi connectivity index (χ3v) is 11.8.